The molecule has 1 fully saturated rings. The molecule has 5 aromatic heterocycles. The quantitative estimate of drug-likeness (QED) is 0.0362. The molecule has 12 N–H and O–H groups in total. The molecule has 0 bridgehead atoms. The minimum Gasteiger partial charge on any atom is -0.378 e. The van der Waals surface area contributed by atoms with E-state index in [0.29, 0.717) is 52.3 Å². The number of nitro groups is 3. The summed E-state index contributed by atoms with van der Waals surface area (Å²) in [5.41, 5.74) is -6.85. The molecule has 11 rings (SSSR count). The van der Waals surface area contributed by atoms with Crippen molar-refractivity contribution in [2.75, 3.05) is 51.1 Å². The summed E-state index contributed by atoms with van der Waals surface area (Å²) in [5.74, 6) is 0. The van der Waals surface area contributed by atoms with Crippen molar-refractivity contribution in [2.24, 2.45) is 0 Å². The first kappa shape index (κ1) is 64.8. The van der Waals surface area contributed by atoms with E-state index in [4.69, 9.17) is 14.5 Å². The maximum absolute atomic E-state index is 13.5. The number of aromatic nitrogens is 10. The summed E-state index contributed by atoms with van der Waals surface area (Å²) in [6, 6.07) is 7.82. The molecule has 9 aromatic rings. The smallest absolute Gasteiger partial charge is 0.378 e. The summed E-state index contributed by atoms with van der Waals surface area (Å²) in [7, 11) is -7.16. The van der Waals surface area contributed by atoms with E-state index in [1.807, 2.05) is 16.9 Å². The summed E-state index contributed by atoms with van der Waals surface area (Å²) in [6.45, 7) is 1.81. The summed E-state index contributed by atoms with van der Waals surface area (Å²) >= 11 is 0. The number of hydrogen-bond donors (Lipinski definition) is 12. The first-order chi connectivity index (χ1) is 41.7. The zero-order valence-corrected chi connectivity index (χ0v) is 47.0. The maximum Gasteiger partial charge on any atom is 0.418 e. The zero-order valence-electron chi connectivity index (χ0n) is 45.2. The Hall–Kier alpha value is -10.2. The van der Waals surface area contributed by atoms with E-state index in [1.54, 1.807) is 0 Å². The highest BCUT2D eigenvalue weighted by Gasteiger charge is 2.37. The van der Waals surface area contributed by atoms with Crippen LogP contribution in [0.3, 0.4) is 0 Å². The van der Waals surface area contributed by atoms with Gasteiger partial charge in [-0.05, 0) is 37.2 Å². The number of halogens is 3. The van der Waals surface area contributed by atoms with Crippen LogP contribution in [0.15, 0.2) is 99.5 Å². The van der Waals surface area contributed by atoms with Gasteiger partial charge in [0.1, 0.15) is 12.0 Å². The Morgan fingerprint density at radius 3 is 1.74 bits per heavy atom. The average molecular weight is 1290 g/mol. The molecule has 89 heavy (non-hydrogen) atoms. The van der Waals surface area contributed by atoms with Crippen LogP contribution < -0.4 is 54.7 Å². The van der Waals surface area contributed by atoms with Gasteiger partial charge in [-0.25, -0.2) is 4.98 Å². The van der Waals surface area contributed by atoms with Gasteiger partial charge in [0.15, 0.2) is 0 Å². The number of morpholine rings is 1. The molecule has 42 heteroatoms. The number of nitro benzene ring substituents is 3. The van der Waals surface area contributed by atoms with Gasteiger partial charge in [-0.2, -0.15) is 13.2 Å². The minimum absolute atomic E-state index is 0.0108. The SMILES string of the molecule is CN1CCc2c([N+](=O)[O-])cc3[nH]c(=O)c(=O)[nH]c3c2C1.O=c1[nH]c2cc(-n3ccnc3)c([N+](=O)[O-])cc2[nH]c1=O.O=c1[nH]c2cc(C(F)(F)F)c(N3CCOCC3)cc2n(CP(=O)(O)O)c1=O.O=c1[nH]c2cc([N+](=O)[O-])cc(CNCP(=O)(O)O)c2[nH]c1=O. The number of H-pyrrole nitrogens is 7. The second-order valence-electron chi connectivity index (χ2n) is 19.4. The van der Waals surface area contributed by atoms with E-state index < -0.39 is 98.7 Å². The Bertz CT molecular complexity index is 4920. The van der Waals surface area contributed by atoms with Crippen LogP contribution >= 0.6 is 15.2 Å². The van der Waals surface area contributed by atoms with Crippen LogP contribution in [-0.2, 0) is 45.8 Å². The number of alkyl halides is 3. The lowest BCUT2D eigenvalue weighted by Crippen LogP contribution is -2.38. The predicted molar refractivity (Wildman–Crippen MR) is 305 cm³/mol. The Labute approximate surface area is 486 Å². The number of non-ortho nitro benzene ring substituents is 1. The summed E-state index contributed by atoms with van der Waals surface area (Å²) < 4.78 is 69.8. The topological polar surface area (TPSA) is 542 Å². The van der Waals surface area contributed by atoms with Gasteiger partial charge in [0.05, 0.1) is 96.0 Å². The van der Waals surface area contributed by atoms with Crippen molar-refractivity contribution in [3.8, 4) is 5.69 Å². The second kappa shape index (κ2) is 25.6. The lowest BCUT2D eigenvalue weighted by Gasteiger charge is -2.31. The van der Waals surface area contributed by atoms with E-state index in [0.717, 1.165) is 18.2 Å². The molecular weight excluding hydrogens is 1240 g/mol. The number of ether oxygens (including phenoxy) is 1. The van der Waals surface area contributed by atoms with Crippen molar-refractivity contribution in [2.45, 2.75) is 32.0 Å². The molecule has 2 aliphatic rings. The molecule has 0 saturated carbocycles. The van der Waals surface area contributed by atoms with E-state index in [1.165, 1.54) is 46.4 Å². The number of rotatable bonds is 11. The average Bonchev–Trinajstić information content (AvgIpc) is 1.00. The highest BCUT2D eigenvalue weighted by Crippen LogP contribution is 2.41. The third kappa shape index (κ3) is 15.2. The number of fused-ring (bicyclic) bond motifs is 6. The predicted octanol–water partition coefficient (Wildman–Crippen LogP) is 0.453. The highest BCUT2D eigenvalue weighted by atomic mass is 31.2. The number of benzene rings is 4. The molecular formula is C47H45F3N16O21P2. The maximum atomic E-state index is 13.5. The van der Waals surface area contributed by atoms with E-state index in [2.05, 4.69) is 40.2 Å². The lowest BCUT2D eigenvalue weighted by atomic mass is 9.96. The van der Waals surface area contributed by atoms with Crippen LogP contribution in [-0.4, -0.2) is 134 Å². The standard InChI is InChI=1S/C14H15F3N3O6P.C12H12N4O4.C11H7N5O4.C10H11N4O7P/c15-14(16,17)8-5-9-11(6-10(8)19-1-3-26-4-2-19)20(7-27(23,24)25)13(22)12(21)18-9;1-15-3-2-6-7(5-15)10-8(4-9(6)16(19)20)13-11(17)12(18)14-10;17-10-11(18)14-7-4-9(16(19)20)8(3-6(7)13-10)15-2-1-12-5-15;15-9-10(16)13-8-5(3-11-4-22(19,20)21)1-6(14(17)18)2-7(8)12-9/h5-6H,1-4,7H2,(H,18,21)(H2,23,24,25);4H,2-3,5H2,1H3,(H,13,17)(H,14,18);1-5H,(H,13,17)(H,14,18);1-2,11H,3-4H2,(H,12,15)(H,13,16)(H2,19,20,21). The molecule has 1 saturated heterocycles. The molecule has 470 valence electrons. The van der Waals surface area contributed by atoms with Crippen molar-refractivity contribution in [3.05, 3.63) is 197 Å². The van der Waals surface area contributed by atoms with Gasteiger partial charge in [0.2, 0.25) is 0 Å². The van der Waals surface area contributed by atoms with Gasteiger partial charge in [-0.1, -0.05) is 0 Å². The van der Waals surface area contributed by atoms with Gasteiger partial charge in [0.25, 0.3) is 17.1 Å². The summed E-state index contributed by atoms with van der Waals surface area (Å²) in [4.78, 5) is 183. The zero-order chi connectivity index (χ0) is 65.2. The fourth-order valence-electron chi connectivity index (χ4n) is 9.31. The van der Waals surface area contributed by atoms with E-state index in [-0.39, 0.29) is 99.9 Å². The van der Waals surface area contributed by atoms with Crippen molar-refractivity contribution in [1.29, 1.82) is 0 Å². The van der Waals surface area contributed by atoms with Gasteiger partial charge in [-0.15, -0.1) is 0 Å². The van der Waals surface area contributed by atoms with E-state index in [9.17, 15) is 101 Å². The monoisotopic (exact) mass is 1290 g/mol. The Morgan fingerprint density at radius 1 is 0.640 bits per heavy atom. The first-order valence-corrected chi connectivity index (χ1v) is 28.8. The largest absolute Gasteiger partial charge is 0.418 e. The molecule has 0 aliphatic carbocycles. The number of imidazole rings is 1. The molecule has 2 aliphatic heterocycles. The number of likely N-dealkylation sites (N-methyl/N-ethyl adjacent to an activating group) is 1. The summed E-state index contributed by atoms with van der Waals surface area (Å²) in [6.07, 6.45) is -1.55. The van der Waals surface area contributed by atoms with Crippen molar-refractivity contribution < 1.29 is 61.4 Å². The van der Waals surface area contributed by atoms with Crippen molar-refractivity contribution >= 4 is 82.1 Å². The Balaban J connectivity index is 0.000000155. The number of nitrogens with one attached hydrogen (secondary N) is 8. The molecule has 4 aromatic carbocycles. The second-order valence-corrected chi connectivity index (χ2v) is 22.6. The van der Waals surface area contributed by atoms with Crippen LogP contribution in [0.1, 0.15) is 22.3 Å². The number of nitrogens with zero attached hydrogens (tertiary/aromatic N) is 8. The van der Waals surface area contributed by atoms with Gasteiger partial charge in [0, 0.05) is 80.5 Å². The van der Waals surface area contributed by atoms with Crippen LogP contribution in [0.4, 0.5) is 35.9 Å². The normalized spacial score (nSPS) is 13.6. The summed E-state index contributed by atoms with van der Waals surface area (Å²) in [5, 5.41) is 35.6. The van der Waals surface area contributed by atoms with Crippen molar-refractivity contribution in [3.63, 3.8) is 0 Å². The van der Waals surface area contributed by atoms with Gasteiger partial charge < -0.3 is 78.9 Å². The molecule has 0 unspecified atom stereocenters. The third-order valence-electron chi connectivity index (χ3n) is 13.2. The van der Waals surface area contributed by atoms with Crippen LogP contribution in [0, 0.1) is 30.3 Å². The highest BCUT2D eigenvalue weighted by molar-refractivity contribution is 7.51. The minimum atomic E-state index is -4.78. The van der Waals surface area contributed by atoms with Crippen molar-refractivity contribution in [1.82, 2.24) is 59.2 Å². The molecule has 0 radical (unpaired) electrons. The van der Waals surface area contributed by atoms with Gasteiger partial charge in [-0.3, -0.25) is 82.4 Å². The number of hydrogen-bond acceptors (Lipinski definition) is 21. The third-order valence-corrected chi connectivity index (χ3v) is 14.5. The van der Waals surface area contributed by atoms with Gasteiger partial charge >= 0.3 is 65.8 Å². The fraction of sp³-hybridized carbons (Fsp3) is 0.255. The fourth-order valence-corrected chi connectivity index (χ4v) is 10.4. The van der Waals surface area contributed by atoms with Crippen LogP contribution in [0.2, 0.25) is 0 Å². The molecule has 0 atom stereocenters. The lowest BCUT2D eigenvalue weighted by molar-refractivity contribution is -0.385. The number of aromatic amines is 7. The molecule has 0 amide bonds. The first-order valence-electron chi connectivity index (χ1n) is 25.2. The Kier molecular flexibility index (Phi) is 18.7. The molecule has 7 heterocycles. The van der Waals surface area contributed by atoms with Crippen LogP contribution in [0.25, 0.3) is 49.8 Å². The molecule has 37 nitrogen and oxygen atoms in total. The van der Waals surface area contributed by atoms with E-state index >= 15 is 0 Å². The Morgan fingerprint density at radius 2 is 1.19 bits per heavy atom. The molecule has 0 spiro atoms. The number of anilines is 1. The van der Waals surface area contributed by atoms with Crippen LogP contribution in [0.5, 0.6) is 0 Å².